The second-order valence-electron chi connectivity index (χ2n) is 7.15. The van der Waals surface area contributed by atoms with Crippen molar-refractivity contribution in [1.82, 2.24) is 10.4 Å². The predicted molar refractivity (Wildman–Crippen MR) is 106 cm³/mol. The highest BCUT2D eigenvalue weighted by atomic mass is 16.2. The molecule has 1 fully saturated rings. The maximum Gasteiger partial charge on any atom is 0.257 e. The summed E-state index contributed by atoms with van der Waals surface area (Å²) in [4.78, 5) is 25.9. The molecule has 4 rings (SSSR count). The largest absolute Gasteiger partial charge is 0.272 e. The molecule has 1 aliphatic carbocycles. The Balaban J connectivity index is 1.69. The Morgan fingerprint density at radius 1 is 0.926 bits per heavy atom. The third kappa shape index (κ3) is 2.52. The van der Waals surface area contributed by atoms with E-state index in [0.29, 0.717) is 19.4 Å². The number of carbonyl (C=O) groups is 2. The minimum absolute atomic E-state index is 0.0323. The van der Waals surface area contributed by atoms with E-state index in [4.69, 9.17) is 0 Å². The van der Waals surface area contributed by atoms with Gasteiger partial charge in [0.05, 0.1) is 6.54 Å². The molecule has 4 nitrogen and oxygen atoms in total. The number of hydrazine groups is 1. The number of benzene rings is 2. The van der Waals surface area contributed by atoms with Crippen LogP contribution in [0.4, 0.5) is 0 Å². The van der Waals surface area contributed by atoms with E-state index in [1.165, 1.54) is 27.3 Å². The molecule has 1 heterocycles. The Bertz CT molecular complexity index is 891. The highest BCUT2D eigenvalue weighted by molar-refractivity contribution is 6.10. The van der Waals surface area contributed by atoms with Crippen molar-refractivity contribution < 1.29 is 9.59 Å². The zero-order valence-electron chi connectivity index (χ0n) is 15.2. The molecule has 2 amide bonds. The van der Waals surface area contributed by atoms with Crippen molar-refractivity contribution >= 4 is 11.8 Å². The van der Waals surface area contributed by atoms with Gasteiger partial charge in [-0.05, 0) is 35.1 Å². The van der Waals surface area contributed by atoms with Crippen LogP contribution in [0.1, 0.15) is 29.9 Å². The molecule has 2 aliphatic rings. The normalized spacial score (nSPS) is 17.4. The molecule has 0 unspecified atom stereocenters. The molecule has 0 bridgehead atoms. The fraction of sp³-hybridized carbons (Fsp3) is 0.217. The first kappa shape index (κ1) is 17.3. The molecule has 1 N–H and O–H groups in total. The molecular weight excluding hydrogens is 336 g/mol. The third-order valence-corrected chi connectivity index (χ3v) is 5.64. The topological polar surface area (TPSA) is 49.4 Å². The van der Waals surface area contributed by atoms with Gasteiger partial charge in [0.2, 0.25) is 0 Å². The van der Waals surface area contributed by atoms with Gasteiger partial charge in [0, 0.05) is 5.92 Å². The molecule has 0 atom stereocenters. The molecule has 1 aliphatic heterocycles. The van der Waals surface area contributed by atoms with Gasteiger partial charge in [-0.15, -0.1) is 13.2 Å². The van der Waals surface area contributed by atoms with Crippen LogP contribution in [0.3, 0.4) is 0 Å². The summed E-state index contributed by atoms with van der Waals surface area (Å²) in [5, 5.41) is 1.48. The lowest BCUT2D eigenvalue weighted by atomic mass is 9.80. The van der Waals surface area contributed by atoms with E-state index in [1.54, 1.807) is 12.2 Å². The van der Waals surface area contributed by atoms with Crippen LogP contribution in [0.15, 0.2) is 73.8 Å². The van der Waals surface area contributed by atoms with Crippen LogP contribution in [-0.2, 0) is 9.59 Å². The molecule has 4 heteroatoms. The van der Waals surface area contributed by atoms with E-state index in [0.717, 1.165) is 0 Å². The number of rotatable bonds is 6. The van der Waals surface area contributed by atoms with Gasteiger partial charge in [0.25, 0.3) is 11.8 Å². The Morgan fingerprint density at radius 2 is 1.44 bits per heavy atom. The van der Waals surface area contributed by atoms with Crippen LogP contribution < -0.4 is 5.43 Å². The van der Waals surface area contributed by atoms with Gasteiger partial charge >= 0.3 is 0 Å². The quantitative estimate of drug-likeness (QED) is 0.631. The molecule has 0 spiro atoms. The Hall–Kier alpha value is -3.14. The van der Waals surface area contributed by atoms with Crippen molar-refractivity contribution in [2.45, 2.75) is 18.8 Å². The zero-order valence-corrected chi connectivity index (χ0v) is 15.2. The lowest BCUT2D eigenvalue weighted by Gasteiger charge is -2.24. The SMILES string of the molecule is C=CCC1(CC=C)C(=O)NN(CC2c3ccccc3-c3ccccc32)C1=O. The second kappa shape index (κ2) is 6.54. The highest BCUT2D eigenvalue weighted by Gasteiger charge is 2.53. The van der Waals surface area contributed by atoms with Crippen LogP contribution in [0.5, 0.6) is 0 Å². The number of nitrogens with zero attached hydrogens (tertiary/aromatic N) is 1. The van der Waals surface area contributed by atoms with E-state index >= 15 is 0 Å². The van der Waals surface area contributed by atoms with E-state index in [2.05, 4.69) is 42.8 Å². The summed E-state index contributed by atoms with van der Waals surface area (Å²) >= 11 is 0. The van der Waals surface area contributed by atoms with Crippen LogP contribution in [0, 0.1) is 5.41 Å². The maximum absolute atomic E-state index is 13.2. The first-order valence-electron chi connectivity index (χ1n) is 9.15. The summed E-state index contributed by atoms with van der Waals surface area (Å²) < 4.78 is 0. The van der Waals surface area contributed by atoms with Crippen molar-refractivity contribution in [2.24, 2.45) is 5.41 Å². The predicted octanol–water partition coefficient (Wildman–Crippen LogP) is 3.81. The van der Waals surface area contributed by atoms with E-state index in [9.17, 15) is 9.59 Å². The van der Waals surface area contributed by atoms with Crippen molar-refractivity contribution in [3.05, 3.63) is 85.0 Å². The van der Waals surface area contributed by atoms with Gasteiger partial charge < -0.3 is 0 Å². The molecule has 0 radical (unpaired) electrons. The minimum Gasteiger partial charge on any atom is -0.272 e. The second-order valence-corrected chi connectivity index (χ2v) is 7.15. The summed E-state index contributed by atoms with van der Waals surface area (Å²) in [6.07, 6.45) is 3.87. The molecule has 1 saturated heterocycles. The number of carbonyl (C=O) groups excluding carboxylic acids is 2. The Morgan fingerprint density at radius 3 is 1.96 bits per heavy atom. The van der Waals surface area contributed by atoms with Crippen LogP contribution in [-0.4, -0.2) is 23.4 Å². The molecule has 2 aromatic rings. The van der Waals surface area contributed by atoms with Gasteiger partial charge in [0.1, 0.15) is 5.41 Å². The van der Waals surface area contributed by atoms with Crippen molar-refractivity contribution in [2.75, 3.05) is 6.54 Å². The van der Waals surface area contributed by atoms with E-state index in [1.807, 2.05) is 24.3 Å². The lowest BCUT2D eigenvalue weighted by Crippen LogP contribution is -2.39. The molecule has 0 saturated carbocycles. The summed E-state index contributed by atoms with van der Waals surface area (Å²) in [5.74, 6) is -0.439. The number of allylic oxidation sites excluding steroid dienone is 2. The van der Waals surface area contributed by atoms with Crippen LogP contribution >= 0.6 is 0 Å². The summed E-state index contributed by atoms with van der Waals surface area (Å²) in [5.41, 5.74) is 6.44. The van der Waals surface area contributed by atoms with Crippen molar-refractivity contribution in [3.63, 3.8) is 0 Å². The fourth-order valence-corrected chi connectivity index (χ4v) is 4.34. The number of hydrogen-bond donors (Lipinski definition) is 1. The van der Waals surface area contributed by atoms with Gasteiger partial charge in [-0.2, -0.15) is 0 Å². The molecular formula is C23H22N2O2. The van der Waals surface area contributed by atoms with Crippen molar-refractivity contribution in [1.29, 1.82) is 0 Å². The molecule has 2 aromatic carbocycles. The lowest BCUT2D eigenvalue weighted by molar-refractivity contribution is -0.139. The number of hydrogen-bond acceptors (Lipinski definition) is 2. The molecule has 0 aromatic heterocycles. The minimum atomic E-state index is -1.12. The summed E-state index contributed by atoms with van der Waals surface area (Å²) in [6, 6.07) is 16.5. The highest BCUT2D eigenvalue weighted by Crippen LogP contribution is 2.45. The monoisotopic (exact) mass is 358 g/mol. The smallest absolute Gasteiger partial charge is 0.257 e. The Kier molecular flexibility index (Phi) is 4.19. The Labute approximate surface area is 159 Å². The number of nitrogens with one attached hydrogen (secondary N) is 1. The third-order valence-electron chi connectivity index (χ3n) is 5.64. The average molecular weight is 358 g/mol. The van der Waals surface area contributed by atoms with E-state index in [-0.39, 0.29) is 17.7 Å². The van der Waals surface area contributed by atoms with Gasteiger partial charge in [-0.1, -0.05) is 60.7 Å². The first-order valence-corrected chi connectivity index (χ1v) is 9.15. The van der Waals surface area contributed by atoms with Crippen LogP contribution in [0.2, 0.25) is 0 Å². The first-order chi connectivity index (χ1) is 13.1. The summed E-state index contributed by atoms with van der Waals surface area (Å²) in [7, 11) is 0. The molecule has 27 heavy (non-hydrogen) atoms. The van der Waals surface area contributed by atoms with Gasteiger partial charge in [-0.3, -0.25) is 20.0 Å². The summed E-state index contributed by atoms with van der Waals surface area (Å²) in [6.45, 7) is 7.86. The maximum atomic E-state index is 13.2. The number of amides is 2. The zero-order chi connectivity index (χ0) is 19.0. The molecule has 136 valence electrons. The average Bonchev–Trinajstić information content (AvgIpc) is 3.11. The van der Waals surface area contributed by atoms with Crippen molar-refractivity contribution in [3.8, 4) is 11.1 Å². The van der Waals surface area contributed by atoms with Gasteiger partial charge in [0.15, 0.2) is 0 Å². The standard InChI is InChI=1S/C23H22N2O2/c1-3-13-23(14-4-2)21(26)24-25(22(23)27)15-20-18-11-7-5-9-16(18)17-10-6-8-12-19(17)20/h3-12,20H,1-2,13-15H2,(H,24,26). The van der Waals surface area contributed by atoms with Gasteiger partial charge in [-0.25, -0.2) is 0 Å². The van der Waals surface area contributed by atoms with Crippen LogP contribution in [0.25, 0.3) is 11.1 Å². The number of fused-ring (bicyclic) bond motifs is 3. The van der Waals surface area contributed by atoms with E-state index < -0.39 is 5.41 Å². The fourth-order valence-electron chi connectivity index (χ4n) is 4.34.